The molecule has 0 aliphatic carbocycles. The van der Waals surface area contributed by atoms with Gasteiger partial charge in [-0.25, -0.2) is 4.39 Å². The first-order valence-corrected chi connectivity index (χ1v) is 10.6. The number of nitrogens with zero attached hydrogens (tertiary/aromatic N) is 3. The summed E-state index contributed by atoms with van der Waals surface area (Å²) in [5.74, 6) is -1.25. The van der Waals surface area contributed by atoms with E-state index < -0.39 is 5.82 Å². The zero-order chi connectivity index (χ0) is 21.1. The minimum Gasteiger partial charge on any atom is -0.338 e. The van der Waals surface area contributed by atoms with E-state index in [1.807, 2.05) is 0 Å². The molecule has 9 heteroatoms. The summed E-state index contributed by atoms with van der Waals surface area (Å²) in [6, 6.07) is 12.8. The highest BCUT2D eigenvalue weighted by molar-refractivity contribution is 7.13. The molecule has 154 valence electrons. The van der Waals surface area contributed by atoms with Crippen LogP contribution in [0.1, 0.15) is 43.9 Å². The van der Waals surface area contributed by atoms with Gasteiger partial charge in [0.25, 0.3) is 11.8 Å². The van der Waals surface area contributed by atoms with Gasteiger partial charge in [0.05, 0.1) is 5.56 Å². The molecule has 0 saturated carbocycles. The summed E-state index contributed by atoms with van der Waals surface area (Å²) in [4.78, 5) is 26.8. The van der Waals surface area contributed by atoms with Crippen LogP contribution in [0, 0.1) is 5.82 Å². The number of hydrogen-bond donors (Lipinski definition) is 1. The average molecular weight is 445 g/mol. The Morgan fingerprint density at radius 2 is 1.90 bits per heavy atom. The van der Waals surface area contributed by atoms with Crippen LogP contribution in [0.15, 0.2) is 48.5 Å². The van der Waals surface area contributed by atoms with E-state index in [1.165, 1.54) is 23.5 Å². The molecule has 30 heavy (non-hydrogen) atoms. The number of likely N-dealkylation sites (tertiary alicyclic amines) is 1. The number of nitrogens with one attached hydrogen (secondary N) is 1. The lowest BCUT2D eigenvalue weighted by molar-refractivity contribution is 0.0702. The Hall–Kier alpha value is -2.84. The van der Waals surface area contributed by atoms with Gasteiger partial charge in [-0.05, 0) is 49.2 Å². The van der Waals surface area contributed by atoms with Crippen molar-refractivity contribution in [3.8, 4) is 0 Å². The van der Waals surface area contributed by atoms with Crippen LogP contribution in [0.25, 0.3) is 0 Å². The molecular weight excluding hydrogens is 427 g/mol. The largest absolute Gasteiger partial charge is 0.338 e. The highest BCUT2D eigenvalue weighted by atomic mass is 35.5. The standard InChI is InChI=1S/C21H18ClFN4O2S/c22-14-7-9-15(10-8-14)24-18(28)20-26-25-19(30-20)13-4-3-11-27(12-13)21(29)16-5-1-2-6-17(16)23/h1-2,5-10,13H,3-4,11-12H2,(H,24,28)/t13-/m1/s1. The van der Waals surface area contributed by atoms with E-state index in [1.54, 1.807) is 41.3 Å². The summed E-state index contributed by atoms with van der Waals surface area (Å²) >= 11 is 7.06. The number of amides is 2. The number of anilines is 1. The molecule has 0 bridgehead atoms. The maximum Gasteiger partial charge on any atom is 0.286 e. The quantitative estimate of drug-likeness (QED) is 0.638. The maximum atomic E-state index is 14.0. The van der Waals surface area contributed by atoms with Crippen molar-refractivity contribution in [2.75, 3.05) is 18.4 Å². The SMILES string of the molecule is O=C(Nc1ccc(Cl)cc1)c1nnc([C@@H]2CCCN(C(=O)c3ccccc3F)C2)s1. The van der Waals surface area contributed by atoms with Crippen molar-refractivity contribution in [3.63, 3.8) is 0 Å². The van der Waals surface area contributed by atoms with Crippen molar-refractivity contribution in [3.05, 3.63) is 74.9 Å². The zero-order valence-corrected chi connectivity index (χ0v) is 17.4. The molecule has 1 aliphatic rings. The van der Waals surface area contributed by atoms with Crippen LogP contribution in [0.2, 0.25) is 5.02 Å². The number of piperidine rings is 1. The number of carbonyl (C=O) groups is 2. The number of aromatic nitrogens is 2. The highest BCUT2D eigenvalue weighted by Crippen LogP contribution is 2.30. The lowest BCUT2D eigenvalue weighted by atomic mass is 9.98. The number of carbonyl (C=O) groups excluding carboxylic acids is 2. The number of hydrogen-bond acceptors (Lipinski definition) is 5. The Bertz CT molecular complexity index is 1070. The number of halogens is 2. The lowest BCUT2D eigenvalue weighted by Gasteiger charge is -2.31. The second-order valence-electron chi connectivity index (χ2n) is 6.98. The third-order valence-corrected chi connectivity index (χ3v) is 6.24. The van der Waals surface area contributed by atoms with E-state index in [-0.39, 0.29) is 28.3 Å². The van der Waals surface area contributed by atoms with Gasteiger partial charge in [0.15, 0.2) is 0 Å². The Kier molecular flexibility index (Phi) is 6.06. The van der Waals surface area contributed by atoms with E-state index in [9.17, 15) is 14.0 Å². The Labute approximate surface area is 181 Å². The molecule has 1 N–H and O–H groups in total. The van der Waals surface area contributed by atoms with Gasteiger partial charge < -0.3 is 10.2 Å². The van der Waals surface area contributed by atoms with Crippen molar-refractivity contribution in [1.29, 1.82) is 0 Å². The summed E-state index contributed by atoms with van der Waals surface area (Å²) in [5.41, 5.74) is 0.680. The molecule has 3 aromatic rings. The van der Waals surface area contributed by atoms with Crippen LogP contribution in [0.4, 0.5) is 10.1 Å². The maximum absolute atomic E-state index is 14.0. The van der Waals surface area contributed by atoms with E-state index in [4.69, 9.17) is 11.6 Å². The monoisotopic (exact) mass is 444 g/mol. The molecule has 1 atom stereocenters. The second-order valence-corrected chi connectivity index (χ2v) is 8.42. The van der Waals surface area contributed by atoms with Gasteiger partial charge in [-0.1, -0.05) is 35.1 Å². The van der Waals surface area contributed by atoms with E-state index in [2.05, 4.69) is 15.5 Å². The smallest absolute Gasteiger partial charge is 0.286 e. The first kappa shape index (κ1) is 20.4. The number of benzene rings is 2. The van der Waals surface area contributed by atoms with Crippen LogP contribution in [-0.2, 0) is 0 Å². The average Bonchev–Trinajstić information content (AvgIpc) is 3.26. The van der Waals surface area contributed by atoms with Crippen LogP contribution >= 0.6 is 22.9 Å². The van der Waals surface area contributed by atoms with Gasteiger partial charge in [0.1, 0.15) is 10.8 Å². The van der Waals surface area contributed by atoms with E-state index >= 15 is 0 Å². The van der Waals surface area contributed by atoms with Gasteiger partial charge in [0, 0.05) is 29.7 Å². The minimum atomic E-state index is -0.526. The van der Waals surface area contributed by atoms with Gasteiger partial charge in [-0.3, -0.25) is 9.59 Å². The van der Waals surface area contributed by atoms with Crippen LogP contribution in [0.5, 0.6) is 0 Å². The molecule has 0 spiro atoms. The highest BCUT2D eigenvalue weighted by Gasteiger charge is 2.29. The summed E-state index contributed by atoms with van der Waals surface area (Å²) < 4.78 is 14.0. The van der Waals surface area contributed by atoms with E-state index in [0.717, 1.165) is 12.8 Å². The summed E-state index contributed by atoms with van der Waals surface area (Å²) in [5, 5.41) is 12.5. The molecule has 1 aromatic heterocycles. The van der Waals surface area contributed by atoms with Crippen molar-refractivity contribution < 1.29 is 14.0 Å². The summed E-state index contributed by atoms with van der Waals surface area (Å²) in [7, 11) is 0. The first-order chi connectivity index (χ1) is 14.5. The van der Waals surface area contributed by atoms with Crippen LogP contribution in [0.3, 0.4) is 0 Å². The molecule has 4 rings (SSSR count). The third-order valence-electron chi connectivity index (χ3n) is 4.90. The molecule has 2 aromatic carbocycles. The van der Waals surface area contributed by atoms with Gasteiger partial charge in [0.2, 0.25) is 5.01 Å². The lowest BCUT2D eigenvalue weighted by Crippen LogP contribution is -2.39. The summed E-state index contributed by atoms with van der Waals surface area (Å²) in [6.07, 6.45) is 1.60. The topological polar surface area (TPSA) is 75.2 Å². The first-order valence-electron chi connectivity index (χ1n) is 9.45. The zero-order valence-electron chi connectivity index (χ0n) is 15.8. The van der Waals surface area contributed by atoms with Crippen LogP contribution < -0.4 is 5.32 Å². The fourth-order valence-electron chi connectivity index (χ4n) is 3.38. The molecule has 6 nitrogen and oxygen atoms in total. The Morgan fingerprint density at radius 3 is 2.67 bits per heavy atom. The molecule has 0 unspecified atom stereocenters. The molecule has 2 amide bonds. The normalized spacial score (nSPS) is 16.3. The summed E-state index contributed by atoms with van der Waals surface area (Å²) in [6.45, 7) is 0.979. The van der Waals surface area contributed by atoms with Crippen molar-refractivity contribution in [2.45, 2.75) is 18.8 Å². The van der Waals surface area contributed by atoms with Crippen molar-refractivity contribution >= 4 is 40.4 Å². The van der Waals surface area contributed by atoms with Gasteiger partial charge in [-0.2, -0.15) is 0 Å². The molecule has 1 aliphatic heterocycles. The van der Waals surface area contributed by atoms with Crippen molar-refractivity contribution in [1.82, 2.24) is 15.1 Å². The second kappa shape index (κ2) is 8.89. The fraction of sp³-hybridized carbons (Fsp3) is 0.238. The Morgan fingerprint density at radius 1 is 1.13 bits per heavy atom. The fourth-order valence-corrected chi connectivity index (χ4v) is 4.37. The molecule has 1 saturated heterocycles. The molecule has 1 fully saturated rings. The predicted molar refractivity (Wildman–Crippen MR) is 114 cm³/mol. The third kappa shape index (κ3) is 4.49. The van der Waals surface area contributed by atoms with Gasteiger partial charge in [-0.15, -0.1) is 10.2 Å². The van der Waals surface area contributed by atoms with Crippen molar-refractivity contribution in [2.24, 2.45) is 0 Å². The Balaban J connectivity index is 1.44. The van der Waals surface area contributed by atoms with Gasteiger partial charge >= 0.3 is 0 Å². The van der Waals surface area contributed by atoms with Crippen LogP contribution in [-0.4, -0.2) is 40.0 Å². The molecule has 0 radical (unpaired) electrons. The predicted octanol–water partition coefficient (Wildman–Crippen LogP) is 4.60. The number of rotatable bonds is 4. The molecule has 2 heterocycles. The van der Waals surface area contributed by atoms with E-state index in [0.29, 0.717) is 28.8 Å². The minimum absolute atomic E-state index is 0.0379. The molecular formula is C21H18ClFN4O2S.